The number of cyclic esters (lactones) is 1. The van der Waals surface area contributed by atoms with E-state index in [1.807, 2.05) is 0 Å². The number of benzene rings is 1. The Bertz CT molecular complexity index is 443. The van der Waals surface area contributed by atoms with Crippen molar-refractivity contribution in [2.45, 2.75) is 19.6 Å². The third kappa shape index (κ3) is 1.84. The van der Waals surface area contributed by atoms with Crippen LogP contribution in [-0.4, -0.2) is 11.8 Å². The number of hydrogen-bond donors (Lipinski definition) is 0. The lowest BCUT2D eigenvalue weighted by Gasteiger charge is -2.32. The van der Waals surface area contributed by atoms with E-state index >= 15 is 0 Å². The minimum Gasteiger partial charge on any atom is -0.451 e. The van der Waals surface area contributed by atoms with Gasteiger partial charge in [-0.1, -0.05) is 11.6 Å². The lowest BCUT2D eigenvalue weighted by Crippen LogP contribution is -2.39. The highest BCUT2D eigenvalue weighted by atomic mass is 79.9. The maximum atomic E-state index is 11.7. The summed E-state index contributed by atoms with van der Waals surface area (Å²) in [5.41, 5.74) is 0.269. The molecule has 0 saturated carbocycles. The quantitative estimate of drug-likeness (QED) is 0.687. The van der Waals surface area contributed by atoms with Gasteiger partial charge in [-0.15, -0.1) is 0 Å². The fourth-order valence-corrected chi connectivity index (χ4v) is 2.00. The molecule has 1 aliphatic rings. The van der Waals surface area contributed by atoms with Crippen LogP contribution in [0, 0.1) is 0 Å². The Labute approximate surface area is 100 Å². The summed E-state index contributed by atoms with van der Waals surface area (Å²) in [7, 11) is 0. The first-order valence-corrected chi connectivity index (χ1v) is 5.48. The van der Waals surface area contributed by atoms with E-state index < -0.39 is 11.8 Å². The molecule has 1 heterocycles. The van der Waals surface area contributed by atoms with Gasteiger partial charge >= 0.3 is 5.97 Å². The van der Waals surface area contributed by atoms with Gasteiger partial charge in [-0.2, -0.15) is 0 Å². The Morgan fingerprint density at radius 1 is 1.33 bits per heavy atom. The lowest BCUT2D eigenvalue weighted by molar-refractivity contribution is -0.127. The van der Waals surface area contributed by atoms with Crippen LogP contribution >= 0.6 is 27.5 Å². The molecule has 0 unspecified atom stereocenters. The maximum Gasteiger partial charge on any atom is 0.346 e. The zero-order valence-corrected chi connectivity index (χ0v) is 10.5. The van der Waals surface area contributed by atoms with E-state index in [1.54, 1.807) is 26.0 Å². The summed E-state index contributed by atoms with van der Waals surface area (Å²) in [4.78, 5) is 11.7. The van der Waals surface area contributed by atoms with E-state index in [4.69, 9.17) is 21.1 Å². The SMILES string of the molecule is CC1(C)OC(=O)c2c(Cl)ccc(Br)c2O1. The third-order valence-electron chi connectivity index (χ3n) is 1.95. The number of esters is 1. The largest absolute Gasteiger partial charge is 0.451 e. The zero-order chi connectivity index (χ0) is 11.2. The number of halogens is 2. The van der Waals surface area contributed by atoms with Gasteiger partial charge in [0.2, 0.25) is 5.79 Å². The van der Waals surface area contributed by atoms with Gasteiger partial charge in [0.1, 0.15) is 5.56 Å². The summed E-state index contributed by atoms with van der Waals surface area (Å²) < 4.78 is 11.3. The lowest BCUT2D eigenvalue weighted by atomic mass is 10.1. The molecule has 0 bridgehead atoms. The van der Waals surface area contributed by atoms with Crippen molar-refractivity contribution in [1.29, 1.82) is 0 Å². The molecule has 2 rings (SSSR count). The Hall–Kier alpha value is -0.740. The molecule has 1 aromatic rings. The molecule has 0 N–H and O–H groups in total. The summed E-state index contributed by atoms with van der Waals surface area (Å²) in [6.45, 7) is 3.34. The van der Waals surface area contributed by atoms with E-state index in [0.717, 1.165) is 0 Å². The molecule has 0 radical (unpaired) electrons. The van der Waals surface area contributed by atoms with E-state index in [9.17, 15) is 4.79 Å². The van der Waals surface area contributed by atoms with Crippen LogP contribution in [0.5, 0.6) is 5.75 Å². The van der Waals surface area contributed by atoms with Crippen molar-refractivity contribution >= 4 is 33.5 Å². The predicted octanol–water partition coefficient (Wildman–Crippen LogP) is 3.39. The summed E-state index contributed by atoms with van der Waals surface area (Å²) in [5.74, 6) is -0.992. The number of carbonyl (C=O) groups excluding carboxylic acids is 1. The Morgan fingerprint density at radius 2 is 2.00 bits per heavy atom. The van der Waals surface area contributed by atoms with Gasteiger partial charge < -0.3 is 9.47 Å². The first-order chi connectivity index (χ1) is 6.91. The van der Waals surface area contributed by atoms with Crippen molar-refractivity contribution in [3.05, 3.63) is 27.2 Å². The molecule has 1 aromatic carbocycles. The van der Waals surface area contributed by atoms with Crippen LogP contribution in [0.3, 0.4) is 0 Å². The molecular formula is C10H8BrClO3. The van der Waals surface area contributed by atoms with Crippen LogP contribution in [0.15, 0.2) is 16.6 Å². The fraction of sp³-hybridized carbons (Fsp3) is 0.300. The van der Waals surface area contributed by atoms with Gasteiger partial charge in [-0.05, 0) is 28.1 Å². The van der Waals surface area contributed by atoms with Crippen LogP contribution in [0.4, 0.5) is 0 Å². The Kier molecular flexibility index (Phi) is 2.43. The van der Waals surface area contributed by atoms with Crippen molar-refractivity contribution in [2.75, 3.05) is 0 Å². The van der Waals surface area contributed by atoms with Gasteiger partial charge in [0.15, 0.2) is 5.75 Å². The van der Waals surface area contributed by atoms with E-state index in [1.165, 1.54) is 0 Å². The normalized spacial score (nSPS) is 17.7. The van der Waals surface area contributed by atoms with Crippen molar-refractivity contribution in [3.8, 4) is 5.75 Å². The average molecular weight is 292 g/mol. The molecule has 0 fully saturated rings. The summed E-state index contributed by atoms with van der Waals surface area (Å²) in [6, 6.07) is 3.35. The van der Waals surface area contributed by atoms with E-state index in [2.05, 4.69) is 15.9 Å². The molecule has 0 aromatic heterocycles. The number of rotatable bonds is 0. The summed E-state index contributed by atoms with van der Waals surface area (Å²) in [6.07, 6.45) is 0. The van der Waals surface area contributed by atoms with Crippen LogP contribution in [-0.2, 0) is 4.74 Å². The van der Waals surface area contributed by atoms with Gasteiger partial charge in [-0.25, -0.2) is 4.79 Å². The van der Waals surface area contributed by atoms with Gasteiger partial charge in [0.05, 0.1) is 9.50 Å². The number of fused-ring (bicyclic) bond motifs is 1. The second kappa shape index (κ2) is 3.39. The Balaban J connectivity index is 2.64. The van der Waals surface area contributed by atoms with Crippen molar-refractivity contribution < 1.29 is 14.3 Å². The molecule has 1 aliphatic heterocycles. The molecule has 5 heteroatoms. The Morgan fingerprint density at radius 3 is 2.67 bits per heavy atom. The average Bonchev–Trinajstić information content (AvgIpc) is 2.09. The molecule has 3 nitrogen and oxygen atoms in total. The summed E-state index contributed by atoms with van der Waals surface area (Å²) >= 11 is 9.20. The third-order valence-corrected chi connectivity index (χ3v) is 2.89. The van der Waals surface area contributed by atoms with Crippen LogP contribution in [0.25, 0.3) is 0 Å². The smallest absolute Gasteiger partial charge is 0.346 e. The second-order valence-electron chi connectivity index (χ2n) is 3.62. The predicted molar refractivity (Wildman–Crippen MR) is 59.3 cm³/mol. The molecule has 0 saturated heterocycles. The number of carbonyl (C=O) groups is 1. The number of hydrogen-bond acceptors (Lipinski definition) is 3. The van der Waals surface area contributed by atoms with Crippen LogP contribution in [0.1, 0.15) is 24.2 Å². The molecule has 80 valence electrons. The van der Waals surface area contributed by atoms with E-state index in [-0.39, 0.29) is 5.56 Å². The molecule has 0 atom stereocenters. The van der Waals surface area contributed by atoms with Crippen molar-refractivity contribution in [2.24, 2.45) is 0 Å². The highest BCUT2D eigenvalue weighted by Crippen LogP contribution is 2.40. The molecule has 15 heavy (non-hydrogen) atoms. The number of ether oxygens (including phenoxy) is 2. The monoisotopic (exact) mass is 290 g/mol. The first kappa shape index (κ1) is 10.8. The van der Waals surface area contributed by atoms with Crippen LogP contribution < -0.4 is 4.74 Å². The van der Waals surface area contributed by atoms with Crippen molar-refractivity contribution in [1.82, 2.24) is 0 Å². The molecular weight excluding hydrogens is 283 g/mol. The molecule has 0 aliphatic carbocycles. The minimum atomic E-state index is -0.961. The second-order valence-corrected chi connectivity index (χ2v) is 4.89. The van der Waals surface area contributed by atoms with Gasteiger partial charge in [0, 0.05) is 13.8 Å². The highest BCUT2D eigenvalue weighted by molar-refractivity contribution is 9.10. The fourth-order valence-electron chi connectivity index (χ4n) is 1.36. The van der Waals surface area contributed by atoms with E-state index in [0.29, 0.717) is 15.2 Å². The molecule has 0 spiro atoms. The minimum absolute atomic E-state index is 0.269. The zero-order valence-electron chi connectivity index (χ0n) is 8.14. The van der Waals surface area contributed by atoms with Gasteiger partial charge in [-0.3, -0.25) is 0 Å². The molecule has 0 amide bonds. The first-order valence-electron chi connectivity index (χ1n) is 4.31. The maximum absolute atomic E-state index is 11.7. The van der Waals surface area contributed by atoms with Crippen molar-refractivity contribution in [3.63, 3.8) is 0 Å². The topological polar surface area (TPSA) is 35.5 Å². The van der Waals surface area contributed by atoms with Gasteiger partial charge in [0.25, 0.3) is 0 Å². The van der Waals surface area contributed by atoms with Crippen LogP contribution in [0.2, 0.25) is 5.02 Å². The highest BCUT2D eigenvalue weighted by Gasteiger charge is 2.36. The summed E-state index contributed by atoms with van der Waals surface area (Å²) in [5, 5.41) is 0.328. The standard InChI is InChI=1S/C10H8BrClO3/c1-10(2)14-8-5(11)3-4-6(12)7(8)9(13)15-10/h3-4H,1-2H3.